The van der Waals surface area contributed by atoms with Crippen molar-refractivity contribution >= 4 is 26.0 Å². The van der Waals surface area contributed by atoms with E-state index in [0.717, 1.165) is 0 Å². The lowest BCUT2D eigenvalue weighted by Crippen LogP contribution is -2.26. The summed E-state index contributed by atoms with van der Waals surface area (Å²) in [7, 11) is -2.04. The van der Waals surface area contributed by atoms with Crippen LogP contribution in [0.25, 0.3) is 0 Å². The highest BCUT2D eigenvalue weighted by Gasteiger charge is 2.22. The molecule has 1 N–H and O–H groups in total. The number of halogens is 1. The predicted molar refractivity (Wildman–Crippen MR) is 58.7 cm³/mol. The lowest BCUT2D eigenvalue weighted by atomic mass is 10.4. The number of nitrogens with one attached hydrogen (secondary N) is 1. The van der Waals surface area contributed by atoms with Crippen LogP contribution in [0.1, 0.15) is 6.42 Å². The molecular weight excluding hydrogens is 284 g/mol. The first-order chi connectivity index (χ1) is 6.99. The Hall–Kier alpha value is -0.730. The standard InChI is InChI=1S/C7H11BrN4O2S/c1-3-4-5-9-15(13,14)7-6(8)10-11-12(7)2/h3,9H,1,4-5H2,2H3. The second kappa shape index (κ2) is 4.86. The van der Waals surface area contributed by atoms with E-state index in [-0.39, 0.29) is 9.63 Å². The fourth-order valence-corrected chi connectivity index (χ4v) is 3.11. The molecule has 0 fully saturated rings. The molecule has 84 valence electrons. The molecule has 0 aromatic carbocycles. The summed E-state index contributed by atoms with van der Waals surface area (Å²) in [4.78, 5) is 0. The number of rotatable bonds is 5. The molecule has 8 heteroatoms. The minimum absolute atomic E-state index is 0.0200. The molecule has 1 heterocycles. The van der Waals surface area contributed by atoms with E-state index < -0.39 is 10.0 Å². The van der Waals surface area contributed by atoms with Crippen LogP contribution in [0.5, 0.6) is 0 Å². The molecule has 0 amide bonds. The van der Waals surface area contributed by atoms with E-state index in [9.17, 15) is 8.42 Å². The minimum Gasteiger partial charge on any atom is -0.235 e. The van der Waals surface area contributed by atoms with E-state index in [2.05, 4.69) is 37.5 Å². The molecule has 0 unspecified atom stereocenters. The highest BCUT2D eigenvalue weighted by atomic mass is 79.9. The van der Waals surface area contributed by atoms with E-state index in [1.54, 1.807) is 6.08 Å². The monoisotopic (exact) mass is 294 g/mol. The van der Waals surface area contributed by atoms with Gasteiger partial charge in [0, 0.05) is 13.6 Å². The van der Waals surface area contributed by atoms with Gasteiger partial charge in [0.2, 0.25) is 5.03 Å². The van der Waals surface area contributed by atoms with Gasteiger partial charge in [-0.3, -0.25) is 0 Å². The highest BCUT2D eigenvalue weighted by molar-refractivity contribution is 9.10. The number of aromatic nitrogens is 3. The lowest BCUT2D eigenvalue weighted by Gasteiger charge is -2.04. The zero-order chi connectivity index (χ0) is 11.5. The summed E-state index contributed by atoms with van der Waals surface area (Å²) in [5.41, 5.74) is 0. The maximum absolute atomic E-state index is 11.7. The Morgan fingerprint density at radius 2 is 2.33 bits per heavy atom. The van der Waals surface area contributed by atoms with Crippen molar-refractivity contribution in [2.75, 3.05) is 6.54 Å². The van der Waals surface area contributed by atoms with E-state index in [1.165, 1.54) is 11.7 Å². The number of sulfonamides is 1. The first-order valence-corrected chi connectivity index (χ1v) is 6.42. The molecule has 0 aliphatic heterocycles. The van der Waals surface area contributed by atoms with Crippen molar-refractivity contribution < 1.29 is 8.42 Å². The smallest absolute Gasteiger partial charge is 0.235 e. The van der Waals surface area contributed by atoms with E-state index in [4.69, 9.17) is 0 Å². The quantitative estimate of drug-likeness (QED) is 0.631. The summed E-state index contributed by atoms with van der Waals surface area (Å²) in [6, 6.07) is 0. The molecule has 15 heavy (non-hydrogen) atoms. The summed E-state index contributed by atoms with van der Waals surface area (Å²) in [6.45, 7) is 3.81. The topological polar surface area (TPSA) is 76.9 Å². The van der Waals surface area contributed by atoms with Crippen LogP contribution in [0, 0.1) is 0 Å². The molecule has 1 aromatic heterocycles. The second-order valence-electron chi connectivity index (χ2n) is 2.78. The van der Waals surface area contributed by atoms with Crippen LogP contribution < -0.4 is 4.72 Å². The lowest BCUT2D eigenvalue weighted by molar-refractivity contribution is 0.561. The number of nitrogens with zero attached hydrogens (tertiary/aromatic N) is 3. The molecule has 0 aliphatic rings. The fourth-order valence-electron chi connectivity index (χ4n) is 0.972. The molecule has 0 atom stereocenters. The van der Waals surface area contributed by atoms with Gasteiger partial charge >= 0.3 is 0 Å². The fraction of sp³-hybridized carbons (Fsp3) is 0.429. The highest BCUT2D eigenvalue weighted by Crippen LogP contribution is 2.17. The summed E-state index contributed by atoms with van der Waals surface area (Å²) < 4.78 is 27.3. The molecule has 1 aromatic rings. The molecule has 0 saturated heterocycles. The van der Waals surface area contributed by atoms with Crippen molar-refractivity contribution in [2.45, 2.75) is 11.4 Å². The van der Waals surface area contributed by atoms with Gasteiger partial charge in [-0.05, 0) is 22.4 Å². The third-order valence-electron chi connectivity index (χ3n) is 1.63. The summed E-state index contributed by atoms with van der Waals surface area (Å²) in [6.07, 6.45) is 2.21. The van der Waals surface area contributed by atoms with Crippen molar-refractivity contribution in [1.82, 2.24) is 19.7 Å². The molecule has 1 rings (SSSR count). The normalized spacial score (nSPS) is 11.6. The third-order valence-corrected chi connectivity index (χ3v) is 3.98. The van der Waals surface area contributed by atoms with Gasteiger partial charge < -0.3 is 0 Å². The van der Waals surface area contributed by atoms with Crippen LogP contribution in [0.3, 0.4) is 0 Å². The Labute approximate surface area is 96.5 Å². The van der Waals surface area contributed by atoms with Gasteiger partial charge in [0.1, 0.15) is 0 Å². The van der Waals surface area contributed by atoms with Gasteiger partial charge in [0.25, 0.3) is 10.0 Å². The maximum atomic E-state index is 11.7. The molecule has 0 bridgehead atoms. The summed E-state index contributed by atoms with van der Waals surface area (Å²) in [5, 5.41) is 7.21. The Kier molecular flexibility index (Phi) is 4.00. The van der Waals surface area contributed by atoms with Crippen molar-refractivity contribution in [1.29, 1.82) is 0 Å². The van der Waals surface area contributed by atoms with Gasteiger partial charge in [0.05, 0.1) is 0 Å². The van der Waals surface area contributed by atoms with Crippen LogP contribution >= 0.6 is 15.9 Å². The second-order valence-corrected chi connectivity index (χ2v) is 5.22. The van der Waals surface area contributed by atoms with E-state index >= 15 is 0 Å². The van der Waals surface area contributed by atoms with Crippen LogP contribution in [0.2, 0.25) is 0 Å². The van der Waals surface area contributed by atoms with Crippen molar-refractivity contribution in [3.05, 3.63) is 17.3 Å². The van der Waals surface area contributed by atoms with Gasteiger partial charge in [-0.1, -0.05) is 11.3 Å². The molecular formula is C7H11BrN4O2S. The van der Waals surface area contributed by atoms with Gasteiger partial charge in [0.15, 0.2) is 4.60 Å². The first kappa shape index (κ1) is 12.3. The maximum Gasteiger partial charge on any atom is 0.260 e. The Bertz CT molecular complexity index is 434. The summed E-state index contributed by atoms with van der Waals surface area (Å²) in [5.74, 6) is 0. The van der Waals surface area contributed by atoms with Gasteiger partial charge in [-0.2, -0.15) is 0 Å². The van der Waals surface area contributed by atoms with Crippen LogP contribution in [-0.4, -0.2) is 30.0 Å². The minimum atomic E-state index is -3.56. The molecule has 6 nitrogen and oxygen atoms in total. The Morgan fingerprint density at radius 1 is 1.67 bits per heavy atom. The zero-order valence-corrected chi connectivity index (χ0v) is 10.5. The number of aryl methyl sites for hydroxylation is 1. The number of hydrogen-bond acceptors (Lipinski definition) is 4. The average molecular weight is 295 g/mol. The molecule has 0 spiro atoms. The predicted octanol–water partition coefficient (Wildman–Crippen LogP) is 0.432. The SMILES string of the molecule is C=CCCNS(=O)(=O)c1c(Br)nnn1C. The average Bonchev–Trinajstić information content (AvgIpc) is 2.46. The van der Waals surface area contributed by atoms with Crippen LogP contribution in [-0.2, 0) is 17.1 Å². The molecule has 0 radical (unpaired) electrons. The van der Waals surface area contributed by atoms with E-state index in [1.807, 2.05) is 0 Å². The van der Waals surface area contributed by atoms with Crippen LogP contribution in [0.4, 0.5) is 0 Å². The molecule has 0 aliphatic carbocycles. The number of hydrogen-bond donors (Lipinski definition) is 1. The third kappa shape index (κ3) is 2.86. The van der Waals surface area contributed by atoms with Crippen LogP contribution in [0.15, 0.2) is 22.3 Å². The van der Waals surface area contributed by atoms with Crippen molar-refractivity contribution in [3.63, 3.8) is 0 Å². The van der Waals surface area contributed by atoms with Crippen molar-refractivity contribution in [2.24, 2.45) is 7.05 Å². The Morgan fingerprint density at radius 3 is 2.80 bits per heavy atom. The molecule has 0 saturated carbocycles. The zero-order valence-electron chi connectivity index (χ0n) is 8.14. The van der Waals surface area contributed by atoms with Gasteiger partial charge in [-0.15, -0.1) is 11.7 Å². The van der Waals surface area contributed by atoms with Gasteiger partial charge in [-0.25, -0.2) is 17.8 Å². The first-order valence-electron chi connectivity index (χ1n) is 4.15. The Balaban J connectivity index is 2.91. The van der Waals surface area contributed by atoms with Crippen molar-refractivity contribution in [3.8, 4) is 0 Å². The summed E-state index contributed by atoms with van der Waals surface area (Å²) >= 11 is 3.03. The van der Waals surface area contributed by atoms with E-state index in [0.29, 0.717) is 13.0 Å². The largest absolute Gasteiger partial charge is 0.260 e.